The lowest BCUT2D eigenvalue weighted by Crippen LogP contribution is -1.89. The fourth-order valence-electron chi connectivity index (χ4n) is 0.643. The Bertz CT molecular complexity index is 90.2. The fourth-order valence-corrected chi connectivity index (χ4v) is 0.643. The highest BCUT2D eigenvalue weighted by Crippen LogP contribution is 2.08. The van der Waals surface area contributed by atoms with Crippen molar-refractivity contribution in [1.29, 1.82) is 0 Å². The summed E-state index contributed by atoms with van der Waals surface area (Å²) in [7, 11) is 0. The molecule has 0 rings (SSSR count). The quantitative estimate of drug-likeness (QED) is 0.504. The van der Waals surface area contributed by atoms with Crippen LogP contribution < -0.4 is 0 Å². The third kappa shape index (κ3) is 4.01. The molecule has 0 N–H and O–H groups in total. The molecule has 0 aromatic carbocycles. The van der Waals surface area contributed by atoms with Crippen LogP contribution in [0.1, 0.15) is 19.8 Å². The number of hydrogen-bond donors (Lipinski definition) is 0. The molecule has 0 fully saturated rings. The van der Waals surface area contributed by atoms with Crippen LogP contribution in [0.25, 0.3) is 0 Å². The van der Waals surface area contributed by atoms with Crippen LogP contribution >= 0.6 is 0 Å². The topological polar surface area (TPSA) is 0 Å². The zero-order valence-corrected chi connectivity index (χ0v) is 6.14. The molecule has 0 aromatic heterocycles. The first kappa shape index (κ1) is 8.48. The molecule has 1 atom stereocenters. The molecule has 0 spiro atoms. The molecule has 0 saturated heterocycles. The van der Waals surface area contributed by atoms with Crippen LogP contribution in [-0.4, -0.2) is 0 Å². The Balaban J connectivity index is 3.42. The molecule has 9 heavy (non-hydrogen) atoms. The van der Waals surface area contributed by atoms with Gasteiger partial charge in [0.2, 0.25) is 0 Å². The van der Waals surface area contributed by atoms with Gasteiger partial charge >= 0.3 is 0 Å². The lowest BCUT2D eigenvalue weighted by atomic mass is 10.0. The Hall–Kier alpha value is -0.520. The van der Waals surface area contributed by atoms with Gasteiger partial charge in [-0.25, -0.2) is 0 Å². The van der Waals surface area contributed by atoms with Crippen molar-refractivity contribution in [2.75, 3.05) is 0 Å². The van der Waals surface area contributed by atoms with Gasteiger partial charge in [-0.15, -0.1) is 6.58 Å². The summed E-state index contributed by atoms with van der Waals surface area (Å²) in [6.45, 7) is 9.55. The summed E-state index contributed by atoms with van der Waals surface area (Å²) >= 11 is 0. The van der Waals surface area contributed by atoms with Crippen LogP contribution in [0.5, 0.6) is 0 Å². The third-order valence-electron chi connectivity index (χ3n) is 1.38. The molecular weight excluding hydrogens is 108 g/mol. The number of hydrogen-bond acceptors (Lipinski definition) is 0. The predicted molar refractivity (Wildman–Crippen MR) is 43.1 cm³/mol. The number of rotatable bonds is 4. The lowest BCUT2D eigenvalue weighted by Gasteiger charge is -2.03. The Labute approximate surface area is 58.3 Å². The third-order valence-corrected chi connectivity index (χ3v) is 1.38. The van der Waals surface area contributed by atoms with Gasteiger partial charge in [0.05, 0.1) is 0 Å². The first-order valence-corrected chi connectivity index (χ1v) is 3.38. The van der Waals surface area contributed by atoms with Gasteiger partial charge in [0, 0.05) is 0 Å². The zero-order chi connectivity index (χ0) is 7.11. The molecule has 0 amide bonds. The van der Waals surface area contributed by atoms with Crippen molar-refractivity contribution in [3.05, 3.63) is 31.7 Å². The summed E-state index contributed by atoms with van der Waals surface area (Å²) in [5, 5.41) is 0. The molecule has 0 bridgehead atoms. The average Bonchev–Trinajstić information content (AvgIpc) is 1.91. The van der Waals surface area contributed by atoms with Gasteiger partial charge in [0.25, 0.3) is 0 Å². The van der Waals surface area contributed by atoms with E-state index in [1.165, 1.54) is 0 Å². The zero-order valence-electron chi connectivity index (χ0n) is 6.14. The Kier molecular flexibility index (Phi) is 5.29. The maximum Gasteiger partial charge on any atom is -0.0202 e. The summed E-state index contributed by atoms with van der Waals surface area (Å²) in [5.74, 6) is 0.571. The van der Waals surface area contributed by atoms with Crippen molar-refractivity contribution < 1.29 is 0 Å². The number of allylic oxidation sites excluding steroid dienone is 3. The molecule has 0 heterocycles. The van der Waals surface area contributed by atoms with E-state index in [4.69, 9.17) is 0 Å². The average molecular weight is 123 g/mol. The van der Waals surface area contributed by atoms with E-state index in [1.54, 1.807) is 0 Å². The van der Waals surface area contributed by atoms with Crippen LogP contribution in [0.3, 0.4) is 0 Å². The van der Waals surface area contributed by atoms with Gasteiger partial charge in [-0.3, -0.25) is 0 Å². The van der Waals surface area contributed by atoms with Crippen molar-refractivity contribution in [3.8, 4) is 0 Å². The maximum atomic E-state index is 3.80. The summed E-state index contributed by atoms with van der Waals surface area (Å²) in [6.07, 6.45) is 8.22. The van der Waals surface area contributed by atoms with Crippen LogP contribution in [0.4, 0.5) is 0 Å². The molecule has 0 saturated carbocycles. The maximum absolute atomic E-state index is 3.80. The van der Waals surface area contributed by atoms with E-state index < -0.39 is 0 Å². The summed E-state index contributed by atoms with van der Waals surface area (Å²) in [5.41, 5.74) is 0. The molecule has 0 heteroatoms. The van der Waals surface area contributed by atoms with Gasteiger partial charge in [-0.1, -0.05) is 25.2 Å². The van der Waals surface area contributed by atoms with E-state index in [-0.39, 0.29) is 0 Å². The van der Waals surface area contributed by atoms with Gasteiger partial charge in [0.1, 0.15) is 0 Å². The lowest BCUT2D eigenvalue weighted by molar-refractivity contribution is 0.674. The van der Waals surface area contributed by atoms with Gasteiger partial charge in [-0.05, 0) is 25.7 Å². The smallest absolute Gasteiger partial charge is 0.0202 e. The molecule has 0 aliphatic heterocycles. The van der Waals surface area contributed by atoms with Gasteiger partial charge < -0.3 is 0 Å². The van der Waals surface area contributed by atoms with Crippen molar-refractivity contribution in [2.24, 2.45) is 5.92 Å². The van der Waals surface area contributed by atoms with Gasteiger partial charge in [0.15, 0.2) is 0 Å². The molecule has 1 radical (unpaired) electrons. The highest BCUT2D eigenvalue weighted by atomic mass is 14.0. The Morgan fingerprint density at radius 3 is 2.56 bits per heavy atom. The van der Waals surface area contributed by atoms with E-state index in [1.807, 2.05) is 13.0 Å². The van der Waals surface area contributed by atoms with Crippen molar-refractivity contribution in [2.45, 2.75) is 19.8 Å². The van der Waals surface area contributed by atoms with Gasteiger partial charge in [-0.2, -0.15) is 0 Å². The fraction of sp³-hybridized carbons (Fsp3) is 0.444. The minimum Gasteiger partial charge on any atom is -0.103 e. The van der Waals surface area contributed by atoms with Crippen LogP contribution in [0.15, 0.2) is 24.8 Å². The largest absolute Gasteiger partial charge is 0.103 e. The van der Waals surface area contributed by atoms with Crippen LogP contribution in [-0.2, 0) is 0 Å². The second kappa shape index (κ2) is 5.61. The SMILES string of the molecule is [CH2]CC(C=C)CC=CC. The highest BCUT2D eigenvalue weighted by Gasteiger charge is 1.94. The second-order valence-electron chi connectivity index (χ2n) is 2.09. The Morgan fingerprint density at radius 2 is 2.22 bits per heavy atom. The van der Waals surface area contributed by atoms with Crippen molar-refractivity contribution >= 4 is 0 Å². The predicted octanol–water partition coefficient (Wildman–Crippen LogP) is 2.98. The molecule has 0 aromatic rings. The molecule has 51 valence electrons. The molecular formula is C9H15. The van der Waals surface area contributed by atoms with Crippen molar-refractivity contribution in [3.63, 3.8) is 0 Å². The molecule has 0 aliphatic carbocycles. The van der Waals surface area contributed by atoms with E-state index in [0.29, 0.717) is 5.92 Å². The minimum atomic E-state index is 0.571. The summed E-state index contributed by atoms with van der Waals surface area (Å²) < 4.78 is 0. The second-order valence-corrected chi connectivity index (χ2v) is 2.09. The molecule has 1 unspecified atom stereocenters. The van der Waals surface area contributed by atoms with Crippen LogP contribution in [0, 0.1) is 12.8 Å². The van der Waals surface area contributed by atoms with E-state index in [2.05, 4.69) is 25.7 Å². The Morgan fingerprint density at radius 1 is 1.56 bits per heavy atom. The first-order chi connectivity index (χ1) is 4.35. The highest BCUT2D eigenvalue weighted by molar-refractivity contribution is 4.88. The normalized spacial score (nSPS) is 14.0. The van der Waals surface area contributed by atoms with E-state index in [0.717, 1.165) is 12.8 Å². The standard InChI is InChI=1S/C9H15/c1-4-7-8-9(5-2)6-3/h4-5,7,9H,2-3,6,8H2,1H3. The molecule has 0 aliphatic rings. The van der Waals surface area contributed by atoms with E-state index >= 15 is 0 Å². The van der Waals surface area contributed by atoms with E-state index in [9.17, 15) is 0 Å². The molecule has 0 nitrogen and oxygen atoms in total. The first-order valence-electron chi connectivity index (χ1n) is 3.38. The monoisotopic (exact) mass is 123 g/mol. The summed E-state index contributed by atoms with van der Waals surface area (Å²) in [4.78, 5) is 0. The minimum absolute atomic E-state index is 0.571. The van der Waals surface area contributed by atoms with Crippen molar-refractivity contribution in [1.82, 2.24) is 0 Å². The van der Waals surface area contributed by atoms with Crippen LogP contribution in [0.2, 0.25) is 0 Å². The summed E-state index contributed by atoms with van der Waals surface area (Å²) in [6, 6.07) is 0.